The first kappa shape index (κ1) is 49.4. The molecule has 2 unspecified atom stereocenters. The van der Waals surface area contributed by atoms with Gasteiger partial charge in [-0.3, -0.25) is 14.4 Å². The van der Waals surface area contributed by atoms with Crippen molar-refractivity contribution in [3.63, 3.8) is 0 Å². The van der Waals surface area contributed by atoms with Crippen molar-refractivity contribution >= 4 is 17.9 Å². The van der Waals surface area contributed by atoms with Gasteiger partial charge in [0.15, 0.2) is 6.10 Å². The predicted molar refractivity (Wildman–Crippen MR) is 215 cm³/mol. The third-order valence-corrected chi connectivity index (χ3v) is 10.6. The number of hydrogen-bond acceptors (Lipinski definition) is 6. The van der Waals surface area contributed by atoms with Crippen molar-refractivity contribution in [2.75, 3.05) is 13.2 Å². The smallest absolute Gasteiger partial charge is 0.306 e. The number of esters is 3. The highest BCUT2D eigenvalue weighted by atomic mass is 16.6. The van der Waals surface area contributed by atoms with Crippen LogP contribution in [0.15, 0.2) is 0 Å². The minimum atomic E-state index is -0.762. The van der Waals surface area contributed by atoms with Crippen LogP contribution in [0.4, 0.5) is 0 Å². The minimum Gasteiger partial charge on any atom is -0.462 e. The molecule has 0 bridgehead atoms. The van der Waals surface area contributed by atoms with Crippen LogP contribution < -0.4 is 0 Å². The Balaban J connectivity index is 4.34. The number of carbonyl (C=O) groups is 3. The first-order valence-electron chi connectivity index (χ1n) is 22.2. The van der Waals surface area contributed by atoms with E-state index in [0.29, 0.717) is 19.3 Å². The van der Waals surface area contributed by atoms with Gasteiger partial charge in [-0.15, -0.1) is 0 Å². The fraction of sp³-hybridized carbons (Fsp3) is 0.933. The van der Waals surface area contributed by atoms with Gasteiger partial charge in [0.05, 0.1) is 0 Å². The van der Waals surface area contributed by atoms with E-state index in [0.717, 1.165) is 75.5 Å². The van der Waals surface area contributed by atoms with E-state index in [-0.39, 0.29) is 31.1 Å². The van der Waals surface area contributed by atoms with E-state index in [1.807, 2.05) is 0 Å². The highest BCUT2D eigenvalue weighted by Gasteiger charge is 2.19. The Morgan fingerprint density at radius 3 is 1.02 bits per heavy atom. The molecule has 0 spiro atoms. The van der Waals surface area contributed by atoms with E-state index in [1.54, 1.807) is 0 Å². The van der Waals surface area contributed by atoms with Gasteiger partial charge in [0.2, 0.25) is 0 Å². The molecule has 0 aliphatic carbocycles. The topological polar surface area (TPSA) is 78.9 Å². The monoisotopic (exact) mass is 723 g/mol. The van der Waals surface area contributed by atoms with Gasteiger partial charge >= 0.3 is 17.9 Å². The summed E-state index contributed by atoms with van der Waals surface area (Å²) in [7, 11) is 0. The summed E-state index contributed by atoms with van der Waals surface area (Å²) in [4.78, 5) is 37.6. The van der Waals surface area contributed by atoms with Crippen LogP contribution in [0.2, 0.25) is 0 Å². The van der Waals surface area contributed by atoms with Crippen molar-refractivity contribution in [3.8, 4) is 0 Å². The Morgan fingerprint density at radius 2 is 0.686 bits per heavy atom. The zero-order valence-corrected chi connectivity index (χ0v) is 34.9. The standard InChI is InChI=1S/C45H86O6/c1-7-40(5)32-26-20-13-11-9-10-12-14-22-28-34-43(46)49-37-42(38-50-44(47)35-29-23-17-15-19-25-31-39(3)4)51-45(48)36-30-24-18-16-21-27-33-41(6)8-2/h39-42H,7-38H2,1-6H3/t40?,41?,42-/m1/s1. The maximum absolute atomic E-state index is 12.7. The largest absolute Gasteiger partial charge is 0.462 e. The molecular formula is C45H86O6. The summed E-state index contributed by atoms with van der Waals surface area (Å²) in [5.74, 6) is 1.57. The third kappa shape index (κ3) is 36.6. The molecule has 6 heteroatoms. The molecule has 51 heavy (non-hydrogen) atoms. The summed E-state index contributed by atoms with van der Waals surface area (Å²) < 4.78 is 16.7. The predicted octanol–water partition coefficient (Wildman–Crippen LogP) is 13.7. The van der Waals surface area contributed by atoms with E-state index in [9.17, 15) is 14.4 Å². The molecule has 0 aromatic heterocycles. The molecule has 0 aliphatic heterocycles. The second-order valence-corrected chi connectivity index (χ2v) is 16.3. The van der Waals surface area contributed by atoms with Gasteiger partial charge in [-0.25, -0.2) is 0 Å². The third-order valence-electron chi connectivity index (χ3n) is 10.6. The lowest BCUT2D eigenvalue weighted by molar-refractivity contribution is -0.167. The molecule has 0 heterocycles. The summed E-state index contributed by atoms with van der Waals surface area (Å²) in [6.45, 7) is 13.6. The highest BCUT2D eigenvalue weighted by molar-refractivity contribution is 5.71. The maximum Gasteiger partial charge on any atom is 0.306 e. The Bertz CT molecular complexity index is 796. The van der Waals surface area contributed by atoms with Gasteiger partial charge in [0.1, 0.15) is 13.2 Å². The van der Waals surface area contributed by atoms with Gasteiger partial charge in [-0.2, -0.15) is 0 Å². The van der Waals surface area contributed by atoms with Crippen molar-refractivity contribution in [3.05, 3.63) is 0 Å². The van der Waals surface area contributed by atoms with Crippen molar-refractivity contribution in [1.29, 1.82) is 0 Å². The zero-order valence-electron chi connectivity index (χ0n) is 34.9. The summed E-state index contributed by atoms with van der Waals surface area (Å²) in [5.41, 5.74) is 0. The molecule has 302 valence electrons. The summed E-state index contributed by atoms with van der Waals surface area (Å²) in [6, 6.07) is 0. The maximum atomic E-state index is 12.7. The van der Waals surface area contributed by atoms with E-state index < -0.39 is 6.10 Å². The van der Waals surface area contributed by atoms with E-state index in [4.69, 9.17) is 14.2 Å². The van der Waals surface area contributed by atoms with Gasteiger partial charge in [0.25, 0.3) is 0 Å². The van der Waals surface area contributed by atoms with Crippen molar-refractivity contribution in [1.82, 2.24) is 0 Å². The molecule has 0 N–H and O–H groups in total. The molecule has 0 fully saturated rings. The van der Waals surface area contributed by atoms with Crippen LogP contribution in [0.25, 0.3) is 0 Å². The van der Waals surface area contributed by atoms with Crippen LogP contribution >= 0.6 is 0 Å². The Labute approximate surface area is 317 Å². The van der Waals surface area contributed by atoms with Crippen molar-refractivity contribution < 1.29 is 28.6 Å². The average Bonchev–Trinajstić information content (AvgIpc) is 3.11. The summed E-state index contributed by atoms with van der Waals surface area (Å²) >= 11 is 0. The molecule has 0 aromatic carbocycles. The lowest BCUT2D eigenvalue weighted by Crippen LogP contribution is -2.30. The zero-order chi connectivity index (χ0) is 37.8. The van der Waals surface area contributed by atoms with Gasteiger partial charge < -0.3 is 14.2 Å². The van der Waals surface area contributed by atoms with Crippen LogP contribution in [-0.2, 0) is 28.6 Å². The molecule has 0 saturated carbocycles. The molecular weight excluding hydrogens is 636 g/mol. The van der Waals surface area contributed by atoms with Crippen molar-refractivity contribution in [2.45, 2.75) is 240 Å². The first-order valence-corrected chi connectivity index (χ1v) is 22.2. The number of hydrogen-bond donors (Lipinski definition) is 0. The molecule has 0 rings (SSSR count). The molecule has 3 atom stereocenters. The van der Waals surface area contributed by atoms with Crippen LogP contribution in [0.3, 0.4) is 0 Å². The number of rotatable bonds is 38. The van der Waals surface area contributed by atoms with Gasteiger partial charge in [0, 0.05) is 19.3 Å². The Hall–Kier alpha value is -1.59. The van der Waals surface area contributed by atoms with Gasteiger partial charge in [-0.1, -0.05) is 196 Å². The number of unbranched alkanes of at least 4 members (excludes halogenated alkanes) is 19. The minimum absolute atomic E-state index is 0.0677. The van der Waals surface area contributed by atoms with Crippen LogP contribution in [0.5, 0.6) is 0 Å². The average molecular weight is 723 g/mol. The second kappa shape index (κ2) is 36.8. The van der Waals surface area contributed by atoms with E-state index in [2.05, 4.69) is 41.5 Å². The van der Waals surface area contributed by atoms with Crippen LogP contribution in [0, 0.1) is 17.8 Å². The van der Waals surface area contributed by atoms with Crippen LogP contribution in [0.1, 0.15) is 234 Å². The molecule has 0 radical (unpaired) electrons. The SMILES string of the molecule is CCC(C)CCCCCCCCCCCCC(=O)OC[C@H](COC(=O)CCCCCCCCC(C)C)OC(=O)CCCCCCCCC(C)CC. The van der Waals surface area contributed by atoms with Crippen LogP contribution in [-0.4, -0.2) is 37.2 Å². The number of ether oxygens (including phenoxy) is 3. The Morgan fingerprint density at radius 1 is 0.392 bits per heavy atom. The number of carbonyl (C=O) groups excluding carboxylic acids is 3. The fourth-order valence-corrected chi connectivity index (χ4v) is 6.46. The highest BCUT2D eigenvalue weighted by Crippen LogP contribution is 2.17. The first-order chi connectivity index (χ1) is 24.7. The summed E-state index contributed by atoms with van der Waals surface area (Å²) in [5, 5.41) is 0. The lowest BCUT2D eigenvalue weighted by Gasteiger charge is -2.18. The fourth-order valence-electron chi connectivity index (χ4n) is 6.46. The normalized spacial score (nSPS) is 13.2. The van der Waals surface area contributed by atoms with E-state index >= 15 is 0 Å². The quantitative estimate of drug-likeness (QED) is 0.0359. The second-order valence-electron chi connectivity index (χ2n) is 16.3. The molecule has 0 saturated heterocycles. The Kier molecular flexibility index (Phi) is 35.6. The molecule has 0 aromatic rings. The molecule has 6 nitrogen and oxygen atoms in total. The molecule has 0 amide bonds. The summed E-state index contributed by atoms with van der Waals surface area (Å²) in [6.07, 6.45) is 32.4. The lowest BCUT2D eigenvalue weighted by atomic mass is 9.99. The van der Waals surface area contributed by atoms with Crippen molar-refractivity contribution in [2.24, 2.45) is 17.8 Å². The van der Waals surface area contributed by atoms with Gasteiger partial charge in [-0.05, 0) is 37.0 Å². The molecule has 0 aliphatic rings. The van der Waals surface area contributed by atoms with E-state index in [1.165, 1.54) is 116 Å².